The van der Waals surface area contributed by atoms with Gasteiger partial charge in [-0.15, -0.1) is 0 Å². The van der Waals surface area contributed by atoms with Gasteiger partial charge in [0.05, 0.1) is 6.10 Å². The number of rotatable bonds is 5. The van der Waals surface area contributed by atoms with Crippen LogP contribution in [-0.4, -0.2) is 49.1 Å². The topological polar surface area (TPSA) is 15.7 Å². The highest BCUT2D eigenvalue weighted by Crippen LogP contribution is 2.19. The number of benzene rings is 1. The Balaban J connectivity index is 1.86. The molecule has 0 aliphatic carbocycles. The summed E-state index contributed by atoms with van der Waals surface area (Å²) in [4.78, 5) is 4.91. The van der Waals surface area contributed by atoms with E-state index in [0.29, 0.717) is 0 Å². The van der Waals surface area contributed by atoms with E-state index in [4.69, 9.17) is 4.74 Å². The summed E-state index contributed by atoms with van der Waals surface area (Å²) in [5.74, 6) is 0.964. The van der Waals surface area contributed by atoms with Gasteiger partial charge in [-0.05, 0) is 71.6 Å². The number of piperidine rings is 1. The summed E-state index contributed by atoms with van der Waals surface area (Å²) in [6, 6.07) is 9.25. The van der Waals surface area contributed by atoms with Gasteiger partial charge in [0.1, 0.15) is 5.75 Å². The number of hydrogen-bond donors (Lipinski definition) is 0. The Morgan fingerprint density at radius 3 is 2.35 bits per heavy atom. The highest BCUT2D eigenvalue weighted by Gasteiger charge is 2.20. The highest BCUT2D eigenvalue weighted by molar-refractivity contribution is 5.27. The van der Waals surface area contributed by atoms with Crippen molar-refractivity contribution in [2.45, 2.75) is 45.4 Å². The normalized spacial score (nSPS) is 17.9. The quantitative estimate of drug-likeness (QED) is 0.822. The molecule has 3 heteroatoms. The van der Waals surface area contributed by atoms with Crippen LogP contribution in [-0.2, 0) is 6.54 Å². The van der Waals surface area contributed by atoms with Crippen LogP contribution in [0.4, 0.5) is 0 Å². The van der Waals surface area contributed by atoms with Gasteiger partial charge in [-0.3, -0.25) is 4.90 Å². The van der Waals surface area contributed by atoms with Gasteiger partial charge >= 0.3 is 0 Å². The molecule has 1 aliphatic rings. The molecule has 0 aromatic heterocycles. The van der Waals surface area contributed by atoms with Crippen LogP contribution in [0.15, 0.2) is 24.3 Å². The van der Waals surface area contributed by atoms with Gasteiger partial charge in [0.2, 0.25) is 0 Å². The average molecular weight is 276 g/mol. The SMILES string of the molecule is CC(C)Oc1ccc(CN(C)C2CCN(C)CC2)cc1. The zero-order valence-corrected chi connectivity index (χ0v) is 13.3. The van der Waals surface area contributed by atoms with E-state index in [0.717, 1.165) is 18.3 Å². The van der Waals surface area contributed by atoms with Crippen LogP contribution >= 0.6 is 0 Å². The first-order chi connectivity index (χ1) is 9.54. The van der Waals surface area contributed by atoms with Crippen LogP contribution in [0, 0.1) is 0 Å². The fourth-order valence-corrected chi connectivity index (χ4v) is 2.80. The molecule has 1 aromatic rings. The van der Waals surface area contributed by atoms with Gasteiger partial charge in [0, 0.05) is 12.6 Å². The Kier molecular flexibility index (Phi) is 5.44. The Labute approximate surface area is 123 Å². The molecule has 0 unspecified atom stereocenters. The second kappa shape index (κ2) is 7.09. The molecule has 1 aliphatic heterocycles. The van der Waals surface area contributed by atoms with Gasteiger partial charge in [0.25, 0.3) is 0 Å². The molecule has 1 heterocycles. The first-order valence-corrected chi connectivity index (χ1v) is 7.69. The number of ether oxygens (including phenoxy) is 1. The smallest absolute Gasteiger partial charge is 0.119 e. The molecular formula is C17H28N2O. The first kappa shape index (κ1) is 15.3. The van der Waals surface area contributed by atoms with Crippen LogP contribution in [0.5, 0.6) is 5.75 Å². The van der Waals surface area contributed by atoms with E-state index in [9.17, 15) is 0 Å². The summed E-state index contributed by atoms with van der Waals surface area (Å²) in [6.45, 7) is 7.58. The van der Waals surface area contributed by atoms with Crippen molar-refractivity contribution in [3.63, 3.8) is 0 Å². The third-order valence-corrected chi connectivity index (χ3v) is 4.04. The van der Waals surface area contributed by atoms with Crippen LogP contribution < -0.4 is 4.74 Å². The van der Waals surface area contributed by atoms with E-state index in [1.54, 1.807) is 0 Å². The standard InChI is InChI=1S/C17H28N2O/c1-14(2)20-17-7-5-15(6-8-17)13-19(4)16-9-11-18(3)12-10-16/h5-8,14,16H,9-13H2,1-4H3. The minimum absolute atomic E-state index is 0.239. The molecule has 0 N–H and O–H groups in total. The zero-order valence-electron chi connectivity index (χ0n) is 13.3. The van der Waals surface area contributed by atoms with Gasteiger partial charge in [-0.2, -0.15) is 0 Å². The molecule has 3 nitrogen and oxygen atoms in total. The summed E-state index contributed by atoms with van der Waals surface area (Å²) in [5, 5.41) is 0. The molecule has 1 aromatic carbocycles. The molecular weight excluding hydrogens is 248 g/mol. The Morgan fingerprint density at radius 1 is 1.20 bits per heavy atom. The molecule has 1 saturated heterocycles. The number of nitrogens with zero attached hydrogens (tertiary/aromatic N) is 2. The van der Waals surface area contributed by atoms with Crippen molar-refractivity contribution < 1.29 is 4.74 Å². The van der Waals surface area contributed by atoms with E-state index in [-0.39, 0.29) is 6.10 Å². The zero-order chi connectivity index (χ0) is 14.5. The molecule has 0 bridgehead atoms. The molecule has 0 atom stereocenters. The summed E-state index contributed by atoms with van der Waals surface area (Å²) < 4.78 is 5.68. The maximum absolute atomic E-state index is 5.68. The van der Waals surface area contributed by atoms with Crippen molar-refractivity contribution in [2.75, 3.05) is 27.2 Å². The minimum Gasteiger partial charge on any atom is -0.491 e. The second-order valence-corrected chi connectivity index (χ2v) is 6.26. The van der Waals surface area contributed by atoms with Gasteiger partial charge in [-0.1, -0.05) is 12.1 Å². The van der Waals surface area contributed by atoms with E-state index < -0.39 is 0 Å². The molecule has 0 radical (unpaired) electrons. The van der Waals surface area contributed by atoms with Gasteiger partial charge in [-0.25, -0.2) is 0 Å². The fraction of sp³-hybridized carbons (Fsp3) is 0.647. The van der Waals surface area contributed by atoms with Crippen LogP contribution in [0.3, 0.4) is 0 Å². The van der Waals surface area contributed by atoms with Crippen LogP contribution in [0.2, 0.25) is 0 Å². The van der Waals surface area contributed by atoms with Crippen LogP contribution in [0.25, 0.3) is 0 Å². The lowest BCUT2D eigenvalue weighted by molar-refractivity contribution is 0.139. The summed E-state index contributed by atoms with van der Waals surface area (Å²) >= 11 is 0. The molecule has 2 rings (SSSR count). The number of likely N-dealkylation sites (tertiary alicyclic amines) is 1. The maximum atomic E-state index is 5.68. The largest absolute Gasteiger partial charge is 0.491 e. The Bertz CT molecular complexity index is 394. The van der Waals surface area contributed by atoms with Crippen molar-refractivity contribution in [3.8, 4) is 5.75 Å². The van der Waals surface area contributed by atoms with Gasteiger partial charge in [0.15, 0.2) is 0 Å². The monoisotopic (exact) mass is 276 g/mol. The predicted molar refractivity (Wildman–Crippen MR) is 84.2 cm³/mol. The first-order valence-electron chi connectivity index (χ1n) is 7.69. The van der Waals surface area contributed by atoms with Crippen molar-refractivity contribution in [1.29, 1.82) is 0 Å². The fourth-order valence-electron chi connectivity index (χ4n) is 2.80. The van der Waals surface area contributed by atoms with E-state index in [2.05, 4.69) is 62.0 Å². The van der Waals surface area contributed by atoms with E-state index >= 15 is 0 Å². The highest BCUT2D eigenvalue weighted by atomic mass is 16.5. The van der Waals surface area contributed by atoms with Crippen molar-refractivity contribution in [1.82, 2.24) is 9.80 Å². The van der Waals surface area contributed by atoms with Crippen molar-refractivity contribution in [3.05, 3.63) is 29.8 Å². The summed E-state index contributed by atoms with van der Waals surface area (Å²) in [7, 11) is 4.46. The minimum atomic E-state index is 0.239. The molecule has 1 fully saturated rings. The maximum Gasteiger partial charge on any atom is 0.119 e. The lowest BCUT2D eigenvalue weighted by Crippen LogP contribution is -2.41. The summed E-state index contributed by atoms with van der Waals surface area (Å²) in [5.41, 5.74) is 1.36. The predicted octanol–water partition coefficient (Wildman–Crippen LogP) is 3.00. The molecule has 0 spiro atoms. The number of hydrogen-bond acceptors (Lipinski definition) is 3. The lowest BCUT2D eigenvalue weighted by atomic mass is 10.0. The van der Waals surface area contributed by atoms with Crippen molar-refractivity contribution in [2.24, 2.45) is 0 Å². The second-order valence-electron chi connectivity index (χ2n) is 6.26. The third kappa shape index (κ3) is 4.50. The van der Waals surface area contributed by atoms with E-state index in [1.165, 1.54) is 31.5 Å². The molecule has 0 saturated carbocycles. The molecule has 20 heavy (non-hydrogen) atoms. The Morgan fingerprint density at radius 2 is 1.80 bits per heavy atom. The van der Waals surface area contributed by atoms with Crippen LogP contribution in [0.1, 0.15) is 32.3 Å². The third-order valence-electron chi connectivity index (χ3n) is 4.04. The molecule has 112 valence electrons. The summed E-state index contributed by atoms with van der Waals surface area (Å²) in [6.07, 6.45) is 2.80. The van der Waals surface area contributed by atoms with Gasteiger partial charge < -0.3 is 9.64 Å². The lowest BCUT2D eigenvalue weighted by Gasteiger charge is -2.35. The van der Waals surface area contributed by atoms with Crippen molar-refractivity contribution >= 4 is 0 Å². The molecule has 0 amide bonds. The average Bonchev–Trinajstić information content (AvgIpc) is 2.41. The Hall–Kier alpha value is -1.06. The van der Waals surface area contributed by atoms with E-state index in [1.807, 2.05) is 0 Å².